The maximum absolute atomic E-state index is 5.14. The average Bonchev–Trinajstić information content (AvgIpc) is 2.78. The molecule has 0 spiro atoms. The molecule has 114 valence electrons. The first-order chi connectivity index (χ1) is 10.0. The van der Waals surface area contributed by atoms with Gasteiger partial charge in [0.1, 0.15) is 0 Å². The van der Waals surface area contributed by atoms with Crippen LogP contribution < -0.4 is 10.2 Å². The summed E-state index contributed by atoms with van der Waals surface area (Å²) in [6.07, 6.45) is 2.03. The second kappa shape index (κ2) is 6.63. The first kappa shape index (κ1) is 15.4. The molecule has 0 aliphatic heterocycles. The van der Waals surface area contributed by atoms with Crippen LogP contribution in [0.15, 0.2) is 24.4 Å². The number of nitrogens with one attached hydrogen (secondary N) is 1. The Bertz CT molecular complexity index is 604. The number of benzene rings is 1. The Labute approximate surface area is 126 Å². The van der Waals surface area contributed by atoms with Gasteiger partial charge < -0.3 is 19.5 Å². The van der Waals surface area contributed by atoms with E-state index in [0.717, 1.165) is 23.9 Å². The molecule has 0 aliphatic carbocycles. The lowest BCUT2D eigenvalue weighted by molar-refractivity contribution is 0.188. The highest BCUT2D eigenvalue weighted by atomic mass is 16.5. The lowest BCUT2D eigenvalue weighted by Gasteiger charge is -2.17. The molecule has 0 fully saturated rings. The van der Waals surface area contributed by atoms with E-state index in [2.05, 4.69) is 59.0 Å². The monoisotopic (exact) mass is 288 g/mol. The van der Waals surface area contributed by atoms with Crippen LogP contribution in [0.25, 0.3) is 0 Å². The normalized spacial score (nSPS) is 10.7. The highest BCUT2D eigenvalue weighted by Crippen LogP contribution is 2.25. The predicted octanol–water partition coefficient (Wildman–Crippen LogP) is 2.96. The van der Waals surface area contributed by atoms with E-state index >= 15 is 0 Å². The Kier molecular flexibility index (Phi) is 4.85. The average molecular weight is 288 g/mol. The third-order valence-electron chi connectivity index (χ3n) is 3.38. The Hall–Kier alpha value is -2.01. The van der Waals surface area contributed by atoms with Gasteiger partial charge in [0, 0.05) is 45.3 Å². The van der Waals surface area contributed by atoms with Crippen LogP contribution in [0, 0.1) is 13.8 Å². The Morgan fingerprint density at radius 1 is 1.29 bits per heavy atom. The number of methoxy groups -OCH3 is 1. The molecule has 0 atom stereocenters. The van der Waals surface area contributed by atoms with Crippen LogP contribution in [0.1, 0.15) is 11.3 Å². The zero-order valence-corrected chi connectivity index (χ0v) is 13.5. The molecule has 21 heavy (non-hydrogen) atoms. The van der Waals surface area contributed by atoms with Crippen molar-refractivity contribution in [3.8, 4) is 0 Å². The van der Waals surface area contributed by atoms with E-state index in [-0.39, 0.29) is 0 Å². The molecule has 0 unspecified atom stereocenters. The highest BCUT2D eigenvalue weighted by molar-refractivity contribution is 5.65. The van der Waals surface area contributed by atoms with Crippen molar-refractivity contribution in [2.75, 3.05) is 38.0 Å². The molecule has 1 N–H and O–H groups in total. The van der Waals surface area contributed by atoms with E-state index in [1.54, 1.807) is 7.11 Å². The van der Waals surface area contributed by atoms with Gasteiger partial charge in [-0.1, -0.05) is 6.07 Å². The fraction of sp³-hybridized carbons (Fsp3) is 0.438. The van der Waals surface area contributed by atoms with Crippen LogP contribution >= 0.6 is 0 Å². The Balaban J connectivity index is 2.23. The summed E-state index contributed by atoms with van der Waals surface area (Å²) in [6, 6.07) is 6.33. The Morgan fingerprint density at radius 3 is 2.71 bits per heavy atom. The SMILES string of the molecule is COCCn1cc(C)nc1Nc1ccc(C)c(N(C)C)c1. The van der Waals surface area contributed by atoms with Crippen molar-refractivity contribution in [2.45, 2.75) is 20.4 Å². The maximum atomic E-state index is 5.14. The number of imidazole rings is 1. The third kappa shape index (κ3) is 3.76. The van der Waals surface area contributed by atoms with E-state index in [1.165, 1.54) is 11.3 Å². The number of aromatic nitrogens is 2. The molecule has 0 radical (unpaired) electrons. The third-order valence-corrected chi connectivity index (χ3v) is 3.38. The van der Waals surface area contributed by atoms with Crippen molar-refractivity contribution in [2.24, 2.45) is 0 Å². The molecule has 1 heterocycles. The van der Waals surface area contributed by atoms with Gasteiger partial charge in [0.2, 0.25) is 5.95 Å². The minimum absolute atomic E-state index is 0.668. The van der Waals surface area contributed by atoms with Crippen molar-refractivity contribution in [1.29, 1.82) is 0 Å². The molecular weight excluding hydrogens is 264 g/mol. The summed E-state index contributed by atoms with van der Waals surface area (Å²) < 4.78 is 7.22. The van der Waals surface area contributed by atoms with Crippen LogP contribution in [0.4, 0.5) is 17.3 Å². The number of hydrogen-bond donors (Lipinski definition) is 1. The fourth-order valence-electron chi connectivity index (χ4n) is 2.30. The van der Waals surface area contributed by atoms with Crippen molar-refractivity contribution in [1.82, 2.24) is 9.55 Å². The number of hydrogen-bond acceptors (Lipinski definition) is 4. The molecule has 0 bridgehead atoms. The first-order valence-corrected chi connectivity index (χ1v) is 7.09. The summed E-state index contributed by atoms with van der Waals surface area (Å²) in [6.45, 7) is 5.56. The Morgan fingerprint density at radius 2 is 2.05 bits per heavy atom. The molecule has 2 rings (SSSR count). The molecule has 2 aromatic rings. The van der Waals surface area contributed by atoms with Crippen molar-refractivity contribution >= 4 is 17.3 Å². The summed E-state index contributed by atoms with van der Waals surface area (Å²) >= 11 is 0. The summed E-state index contributed by atoms with van der Waals surface area (Å²) in [7, 11) is 5.81. The molecule has 0 aliphatic rings. The lowest BCUT2D eigenvalue weighted by atomic mass is 10.1. The van der Waals surface area contributed by atoms with E-state index in [0.29, 0.717) is 6.61 Å². The van der Waals surface area contributed by atoms with E-state index in [9.17, 15) is 0 Å². The lowest BCUT2D eigenvalue weighted by Crippen LogP contribution is -2.11. The zero-order chi connectivity index (χ0) is 15.4. The first-order valence-electron chi connectivity index (χ1n) is 7.09. The highest BCUT2D eigenvalue weighted by Gasteiger charge is 2.08. The number of anilines is 3. The minimum Gasteiger partial charge on any atom is -0.383 e. The van der Waals surface area contributed by atoms with Crippen molar-refractivity contribution < 1.29 is 4.74 Å². The maximum Gasteiger partial charge on any atom is 0.207 e. The molecule has 0 saturated heterocycles. The van der Waals surface area contributed by atoms with Gasteiger partial charge in [-0.05, 0) is 31.5 Å². The standard InChI is InChI=1S/C16H24N4O/c1-12-6-7-14(10-15(12)19(3)4)18-16-17-13(2)11-20(16)8-9-21-5/h6-7,10-11H,8-9H2,1-5H3,(H,17,18). The summed E-state index contributed by atoms with van der Waals surface area (Å²) in [5.41, 5.74) is 4.48. The molecule has 1 aromatic carbocycles. The molecular formula is C16H24N4O. The predicted molar refractivity (Wildman–Crippen MR) is 87.6 cm³/mol. The summed E-state index contributed by atoms with van der Waals surface area (Å²) in [5.74, 6) is 0.845. The van der Waals surface area contributed by atoms with Gasteiger partial charge >= 0.3 is 0 Å². The molecule has 0 saturated carbocycles. The van der Waals surface area contributed by atoms with Crippen LogP contribution in [0.3, 0.4) is 0 Å². The molecule has 5 heteroatoms. The van der Waals surface area contributed by atoms with E-state index < -0.39 is 0 Å². The van der Waals surface area contributed by atoms with E-state index in [4.69, 9.17) is 4.74 Å². The largest absolute Gasteiger partial charge is 0.383 e. The van der Waals surface area contributed by atoms with Gasteiger partial charge in [0.05, 0.1) is 12.3 Å². The number of ether oxygens (including phenoxy) is 1. The zero-order valence-electron chi connectivity index (χ0n) is 13.5. The smallest absolute Gasteiger partial charge is 0.207 e. The second-order valence-electron chi connectivity index (χ2n) is 5.41. The van der Waals surface area contributed by atoms with Crippen LogP contribution in [0.2, 0.25) is 0 Å². The molecule has 5 nitrogen and oxygen atoms in total. The van der Waals surface area contributed by atoms with Gasteiger partial charge in [-0.25, -0.2) is 4.98 Å². The fourth-order valence-corrected chi connectivity index (χ4v) is 2.30. The number of nitrogens with zero attached hydrogens (tertiary/aromatic N) is 3. The van der Waals surface area contributed by atoms with Crippen molar-refractivity contribution in [3.63, 3.8) is 0 Å². The minimum atomic E-state index is 0.668. The summed E-state index contributed by atoms with van der Waals surface area (Å²) in [5, 5.41) is 3.39. The quantitative estimate of drug-likeness (QED) is 0.887. The summed E-state index contributed by atoms with van der Waals surface area (Å²) in [4.78, 5) is 6.65. The van der Waals surface area contributed by atoms with Crippen LogP contribution in [0.5, 0.6) is 0 Å². The van der Waals surface area contributed by atoms with Gasteiger partial charge in [-0.3, -0.25) is 0 Å². The van der Waals surface area contributed by atoms with Gasteiger partial charge in [-0.15, -0.1) is 0 Å². The second-order valence-corrected chi connectivity index (χ2v) is 5.41. The number of aryl methyl sites for hydroxylation is 2. The number of rotatable bonds is 6. The molecule has 1 aromatic heterocycles. The van der Waals surface area contributed by atoms with Gasteiger partial charge in [0.25, 0.3) is 0 Å². The van der Waals surface area contributed by atoms with E-state index in [1.807, 2.05) is 13.1 Å². The van der Waals surface area contributed by atoms with Gasteiger partial charge in [0.15, 0.2) is 0 Å². The topological polar surface area (TPSA) is 42.3 Å². The van der Waals surface area contributed by atoms with Crippen LogP contribution in [-0.2, 0) is 11.3 Å². The van der Waals surface area contributed by atoms with Crippen molar-refractivity contribution in [3.05, 3.63) is 35.7 Å². The van der Waals surface area contributed by atoms with Crippen LogP contribution in [-0.4, -0.2) is 37.4 Å². The molecule has 0 amide bonds. The van der Waals surface area contributed by atoms with Gasteiger partial charge in [-0.2, -0.15) is 0 Å².